The molecule has 1 atom stereocenters. The van der Waals surface area contributed by atoms with Gasteiger partial charge in [-0.2, -0.15) is 0 Å². The zero-order valence-electron chi connectivity index (χ0n) is 11.5. The minimum absolute atomic E-state index is 0.134. The number of rotatable bonds is 7. The van der Waals surface area contributed by atoms with Gasteiger partial charge in [0.2, 0.25) is 5.91 Å². The lowest BCUT2D eigenvalue weighted by Crippen LogP contribution is -2.27. The van der Waals surface area contributed by atoms with Gasteiger partial charge in [0.25, 0.3) is 0 Å². The number of nitrogens with one attached hydrogen (secondary N) is 2. The summed E-state index contributed by atoms with van der Waals surface area (Å²) in [6.07, 6.45) is 2.32. The van der Waals surface area contributed by atoms with E-state index in [2.05, 4.69) is 10.6 Å². The van der Waals surface area contributed by atoms with E-state index in [9.17, 15) is 4.79 Å². The Morgan fingerprint density at radius 3 is 2.90 bits per heavy atom. The maximum absolute atomic E-state index is 11.7. The van der Waals surface area contributed by atoms with Gasteiger partial charge in [-0.05, 0) is 49.5 Å². The van der Waals surface area contributed by atoms with Crippen molar-refractivity contribution in [3.05, 3.63) is 34.9 Å². The molecule has 0 aromatic heterocycles. The Morgan fingerprint density at radius 1 is 1.40 bits per heavy atom. The average Bonchev–Trinajstić information content (AvgIpc) is 2.94. The number of hydrogen-bond acceptors (Lipinski definition) is 3. The van der Waals surface area contributed by atoms with E-state index in [1.165, 1.54) is 12.0 Å². The minimum atomic E-state index is 0.134. The number of carbonyl (C=O) groups excluding carboxylic acids is 1. The summed E-state index contributed by atoms with van der Waals surface area (Å²) < 4.78 is 0. The quantitative estimate of drug-likeness (QED) is 0.813. The van der Waals surface area contributed by atoms with E-state index in [0.29, 0.717) is 5.75 Å². The van der Waals surface area contributed by atoms with Crippen molar-refractivity contribution in [1.82, 2.24) is 10.6 Å². The van der Waals surface area contributed by atoms with Crippen LogP contribution < -0.4 is 10.6 Å². The lowest BCUT2D eigenvalue weighted by molar-refractivity contribution is -0.118. The molecule has 1 fully saturated rings. The summed E-state index contributed by atoms with van der Waals surface area (Å²) >= 11 is 7.47. The summed E-state index contributed by atoms with van der Waals surface area (Å²) in [5.41, 5.74) is 1.20. The zero-order chi connectivity index (χ0) is 14.2. The Hall–Kier alpha value is -0.710. The third-order valence-electron chi connectivity index (χ3n) is 3.45. The average molecular weight is 313 g/mol. The Bertz CT molecular complexity index is 418. The van der Waals surface area contributed by atoms with Crippen LogP contribution in [0.3, 0.4) is 0 Å². The fourth-order valence-corrected chi connectivity index (χ4v) is 3.21. The van der Waals surface area contributed by atoms with Gasteiger partial charge in [-0.3, -0.25) is 4.79 Å². The van der Waals surface area contributed by atoms with E-state index in [4.69, 9.17) is 11.6 Å². The fourth-order valence-electron chi connectivity index (χ4n) is 2.27. The van der Waals surface area contributed by atoms with Gasteiger partial charge in [0.1, 0.15) is 0 Å². The van der Waals surface area contributed by atoms with Crippen molar-refractivity contribution in [3.63, 3.8) is 0 Å². The molecule has 0 bridgehead atoms. The Kier molecular flexibility index (Phi) is 6.70. The van der Waals surface area contributed by atoms with Crippen molar-refractivity contribution in [1.29, 1.82) is 0 Å². The van der Waals surface area contributed by atoms with Gasteiger partial charge in [-0.15, -0.1) is 11.8 Å². The maximum atomic E-state index is 11.7. The van der Waals surface area contributed by atoms with Gasteiger partial charge >= 0.3 is 0 Å². The van der Waals surface area contributed by atoms with Crippen molar-refractivity contribution in [2.24, 2.45) is 5.92 Å². The highest BCUT2D eigenvalue weighted by Crippen LogP contribution is 2.15. The first-order valence-corrected chi connectivity index (χ1v) is 8.57. The van der Waals surface area contributed by atoms with Crippen LogP contribution in [0.4, 0.5) is 0 Å². The summed E-state index contributed by atoms with van der Waals surface area (Å²) in [6.45, 7) is 3.02. The zero-order valence-corrected chi connectivity index (χ0v) is 13.1. The number of hydrogen-bond donors (Lipinski definition) is 2. The molecule has 0 spiro atoms. The molecular formula is C15H21ClN2OS. The molecule has 1 heterocycles. The van der Waals surface area contributed by atoms with Crippen LogP contribution >= 0.6 is 23.4 Å². The van der Waals surface area contributed by atoms with Gasteiger partial charge < -0.3 is 10.6 Å². The highest BCUT2D eigenvalue weighted by atomic mass is 35.5. The lowest BCUT2D eigenvalue weighted by Gasteiger charge is -2.09. The van der Waals surface area contributed by atoms with Crippen molar-refractivity contribution in [2.45, 2.75) is 18.6 Å². The second-order valence-corrected chi connectivity index (χ2v) is 6.54. The third kappa shape index (κ3) is 5.73. The highest BCUT2D eigenvalue weighted by molar-refractivity contribution is 7.99. The summed E-state index contributed by atoms with van der Waals surface area (Å²) in [6, 6.07) is 7.76. The minimum Gasteiger partial charge on any atom is -0.355 e. The predicted molar refractivity (Wildman–Crippen MR) is 86.2 cm³/mol. The van der Waals surface area contributed by atoms with Crippen LogP contribution in [-0.2, 0) is 10.5 Å². The van der Waals surface area contributed by atoms with Crippen molar-refractivity contribution < 1.29 is 4.79 Å². The van der Waals surface area contributed by atoms with Crippen LogP contribution in [0.2, 0.25) is 5.02 Å². The van der Waals surface area contributed by atoms with Crippen LogP contribution in [0.5, 0.6) is 0 Å². The van der Waals surface area contributed by atoms with Crippen LogP contribution in [0.25, 0.3) is 0 Å². The SMILES string of the molecule is O=C(CSCc1ccc(Cl)cc1)NCCC1CCNC1. The molecule has 0 aliphatic carbocycles. The first-order chi connectivity index (χ1) is 9.74. The Morgan fingerprint density at radius 2 is 2.20 bits per heavy atom. The van der Waals surface area contributed by atoms with E-state index in [1.54, 1.807) is 11.8 Å². The number of carbonyl (C=O) groups is 1. The van der Waals surface area contributed by atoms with Gasteiger partial charge in [-0.25, -0.2) is 0 Å². The standard InChI is InChI=1S/C15H21ClN2OS/c16-14-3-1-13(2-4-14)10-20-11-15(19)18-8-6-12-5-7-17-9-12/h1-4,12,17H,5-11H2,(H,18,19). The maximum Gasteiger partial charge on any atom is 0.230 e. The topological polar surface area (TPSA) is 41.1 Å². The third-order valence-corrected chi connectivity index (χ3v) is 4.71. The second kappa shape index (κ2) is 8.55. The molecule has 5 heteroatoms. The van der Waals surface area contributed by atoms with E-state index < -0.39 is 0 Å². The molecule has 1 aliphatic rings. The molecule has 1 saturated heterocycles. The van der Waals surface area contributed by atoms with Gasteiger partial charge in [0, 0.05) is 17.3 Å². The van der Waals surface area contributed by atoms with Crippen molar-refractivity contribution in [2.75, 3.05) is 25.4 Å². The van der Waals surface area contributed by atoms with E-state index in [-0.39, 0.29) is 5.91 Å². The molecule has 20 heavy (non-hydrogen) atoms. The number of benzene rings is 1. The predicted octanol–water partition coefficient (Wildman–Crippen LogP) is 2.69. The fraction of sp³-hybridized carbons (Fsp3) is 0.533. The van der Waals surface area contributed by atoms with E-state index in [1.807, 2.05) is 24.3 Å². The van der Waals surface area contributed by atoms with Crippen LogP contribution in [0.15, 0.2) is 24.3 Å². The Balaban J connectivity index is 1.54. The van der Waals surface area contributed by atoms with E-state index >= 15 is 0 Å². The molecule has 2 rings (SSSR count). The number of thioether (sulfide) groups is 1. The molecule has 2 N–H and O–H groups in total. The van der Waals surface area contributed by atoms with Crippen molar-refractivity contribution in [3.8, 4) is 0 Å². The van der Waals surface area contributed by atoms with Crippen LogP contribution in [-0.4, -0.2) is 31.3 Å². The van der Waals surface area contributed by atoms with Crippen molar-refractivity contribution >= 4 is 29.3 Å². The number of halogens is 1. The van der Waals surface area contributed by atoms with Gasteiger partial charge in [0.05, 0.1) is 5.75 Å². The van der Waals surface area contributed by atoms with Gasteiger partial charge in [0.15, 0.2) is 0 Å². The molecular weight excluding hydrogens is 292 g/mol. The smallest absolute Gasteiger partial charge is 0.230 e. The van der Waals surface area contributed by atoms with Crippen LogP contribution in [0.1, 0.15) is 18.4 Å². The molecule has 0 radical (unpaired) electrons. The number of amides is 1. The summed E-state index contributed by atoms with van der Waals surface area (Å²) in [5.74, 6) is 2.23. The first kappa shape index (κ1) is 15.7. The molecule has 1 aromatic rings. The molecule has 1 aromatic carbocycles. The first-order valence-electron chi connectivity index (χ1n) is 7.03. The van der Waals surface area contributed by atoms with Gasteiger partial charge in [-0.1, -0.05) is 23.7 Å². The highest BCUT2D eigenvalue weighted by Gasteiger charge is 2.13. The lowest BCUT2D eigenvalue weighted by atomic mass is 10.1. The summed E-state index contributed by atoms with van der Waals surface area (Å²) in [7, 11) is 0. The largest absolute Gasteiger partial charge is 0.355 e. The molecule has 0 saturated carbocycles. The Labute approximate surface area is 129 Å². The molecule has 1 unspecified atom stereocenters. The molecule has 1 amide bonds. The summed E-state index contributed by atoms with van der Waals surface area (Å²) in [5, 5.41) is 7.08. The molecule has 1 aliphatic heterocycles. The molecule has 110 valence electrons. The monoisotopic (exact) mass is 312 g/mol. The van der Waals surface area contributed by atoms with Crippen LogP contribution in [0, 0.1) is 5.92 Å². The van der Waals surface area contributed by atoms with E-state index in [0.717, 1.165) is 42.7 Å². The summed E-state index contributed by atoms with van der Waals surface area (Å²) in [4.78, 5) is 11.7. The molecule has 3 nitrogen and oxygen atoms in total. The normalized spacial score (nSPS) is 18.1. The second-order valence-electron chi connectivity index (χ2n) is 5.12.